The molecule has 2 rings (SSSR count). The highest BCUT2D eigenvalue weighted by Gasteiger charge is 2.01. The lowest BCUT2D eigenvalue weighted by Crippen LogP contribution is -2.14. The molecule has 1 heterocycles. The van der Waals surface area contributed by atoms with Crippen LogP contribution in [-0.2, 0) is 6.54 Å². The number of hydrogen-bond donors (Lipinski definition) is 1. The van der Waals surface area contributed by atoms with Gasteiger partial charge in [-0.1, -0.05) is 30.3 Å². The van der Waals surface area contributed by atoms with Gasteiger partial charge in [0.05, 0.1) is 0 Å². The summed E-state index contributed by atoms with van der Waals surface area (Å²) >= 11 is 0. The fourth-order valence-corrected chi connectivity index (χ4v) is 1.37. The summed E-state index contributed by atoms with van der Waals surface area (Å²) in [7, 11) is 3.80. The molecule has 0 saturated heterocycles. The van der Waals surface area contributed by atoms with Crippen molar-refractivity contribution in [2.75, 3.05) is 24.3 Å². The van der Waals surface area contributed by atoms with Gasteiger partial charge in [0.2, 0.25) is 11.9 Å². The van der Waals surface area contributed by atoms with Crippen molar-refractivity contribution < 1.29 is 0 Å². The summed E-state index contributed by atoms with van der Waals surface area (Å²) in [6.45, 7) is 0.706. The van der Waals surface area contributed by atoms with Crippen LogP contribution in [0.2, 0.25) is 0 Å². The third kappa shape index (κ3) is 3.14. The van der Waals surface area contributed by atoms with Gasteiger partial charge in [-0.3, -0.25) is 0 Å². The number of hydrogen-bond acceptors (Lipinski definition) is 5. The predicted molar refractivity (Wildman–Crippen MR) is 67.9 cm³/mol. The molecule has 0 fully saturated rings. The largest absolute Gasteiger partial charge is 0.350 e. The molecule has 1 aromatic heterocycles. The molecular weight excluding hydrogens is 214 g/mol. The van der Waals surface area contributed by atoms with E-state index in [2.05, 4.69) is 32.4 Å². The fraction of sp³-hybridized carbons (Fsp3) is 0.250. The minimum Gasteiger partial charge on any atom is -0.350 e. The normalized spacial score (nSPS) is 10.0. The molecule has 0 saturated carbocycles. The maximum absolute atomic E-state index is 4.28. The van der Waals surface area contributed by atoms with Gasteiger partial charge in [-0.2, -0.15) is 4.98 Å². The smallest absolute Gasteiger partial charge is 0.229 e. The lowest BCUT2D eigenvalue weighted by Gasteiger charge is -2.10. The van der Waals surface area contributed by atoms with Gasteiger partial charge < -0.3 is 10.2 Å². The molecule has 0 aliphatic rings. The first-order chi connectivity index (χ1) is 8.25. The van der Waals surface area contributed by atoms with Crippen LogP contribution in [0.15, 0.2) is 36.7 Å². The third-order valence-electron chi connectivity index (χ3n) is 2.25. The van der Waals surface area contributed by atoms with Gasteiger partial charge >= 0.3 is 0 Å². The number of nitrogens with zero attached hydrogens (tertiary/aromatic N) is 4. The van der Waals surface area contributed by atoms with Crippen LogP contribution in [0, 0.1) is 0 Å². The summed E-state index contributed by atoms with van der Waals surface area (Å²) in [6.07, 6.45) is 1.51. The van der Waals surface area contributed by atoms with Crippen molar-refractivity contribution in [2.45, 2.75) is 6.54 Å². The van der Waals surface area contributed by atoms with Gasteiger partial charge in [0.1, 0.15) is 6.33 Å². The molecule has 1 aromatic carbocycles. The first-order valence-corrected chi connectivity index (χ1v) is 5.40. The van der Waals surface area contributed by atoms with Crippen molar-refractivity contribution in [3.63, 3.8) is 0 Å². The summed E-state index contributed by atoms with van der Waals surface area (Å²) in [5.41, 5.74) is 1.19. The molecule has 0 unspecified atom stereocenters. The summed E-state index contributed by atoms with van der Waals surface area (Å²) in [5.74, 6) is 1.24. The van der Waals surface area contributed by atoms with Crippen LogP contribution >= 0.6 is 0 Å². The van der Waals surface area contributed by atoms with Gasteiger partial charge in [-0.05, 0) is 5.56 Å². The molecule has 0 radical (unpaired) electrons. The van der Waals surface area contributed by atoms with E-state index in [0.29, 0.717) is 18.4 Å². The Labute approximate surface area is 101 Å². The standard InChI is InChI=1S/C12H15N5/c1-17(2)12-15-9-14-11(16-12)13-8-10-6-4-3-5-7-10/h3-7,9H,8H2,1-2H3,(H,13,14,15,16). The second kappa shape index (κ2) is 5.25. The lowest BCUT2D eigenvalue weighted by molar-refractivity contribution is 0.942. The molecule has 0 atom stereocenters. The molecular formula is C12H15N5. The average molecular weight is 229 g/mol. The first-order valence-electron chi connectivity index (χ1n) is 5.40. The number of benzene rings is 1. The monoisotopic (exact) mass is 229 g/mol. The maximum atomic E-state index is 4.28. The molecule has 5 nitrogen and oxygen atoms in total. The van der Waals surface area contributed by atoms with E-state index in [9.17, 15) is 0 Å². The van der Waals surface area contributed by atoms with E-state index in [0.717, 1.165) is 0 Å². The molecule has 0 aliphatic carbocycles. The highest BCUT2D eigenvalue weighted by atomic mass is 15.3. The van der Waals surface area contributed by atoms with Gasteiger partial charge in [-0.25, -0.2) is 9.97 Å². The summed E-state index contributed by atoms with van der Waals surface area (Å²) < 4.78 is 0. The molecule has 17 heavy (non-hydrogen) atoms. The molecule has 1 N–H and O–H groups in total. The molecule has 5 heteroatoms. The Balaban J connectivity index is 2.02. The quantitative estimate of drug-likeness (QED) is 0.862. The van der Waals surface area contributed by atoms with Crippen molar-refractivity contribution in [1.82, 2.24) is 15.0 Å². The third-order valence-corrected chi connectivity index (χ3v) is 2.25. The number of nitrogens with one attached hydrogen (secondary N) is 1. The summed E-state index contributed by atoms with van der Waals surface area (Å²) in [5, 5.41) is 3.17. The van der Waals surface area contributed by atoms with Crippen molar-refractivity contribution in [1.29, 1.82) is 0 Å². The lowest BCUT2D eigenvalue weighted by atomic mass is 10.2. The Bertz CT molecular complexity index is 469. The Morgan fingerprint density at radius 1 is 1.12 bits per heavy atom. The van der Waals surface area contributed by atoms with E-state index in [1.54, 1.807) is 0 Å². The Hall–Kier alpha value is -2.17. The van der Waals surface area contributed by atoms with E-state index in [1.807, 2.05) is 37.2 Å². The number of rotatable bonds is 4. The second-order valence-corrected chi connectivity index (χ2v) is 3.84. The highest BCUT2D eigenvalue weighted by molar-refractivity contribution is 5.34. The van der Waals surface area contributed by atoms with Crippen molar-refractivity contribution >= 4 is 11.9 Å². The molecule has 88 valence electrons. The molecule has 2 aromatic rings. The van der Waals surface area contributed by atoms with Gasteiger partial charge in [0.15, 0.2) is 0 Å². The van der Waals surface area contributed by atoms with E-state index < -0.39 is 0 Å². The zero-order chi connectivity index (χ0) is 12.1. The molecule has 0 bridgehead atoms. The van der Waals surface area contributed by atoms with Crippen LogP contribution in [0.1, 0.15) is 5.56 Å². The predicted octanol–water partition coefficient (Wildman–Crippen LogP) is 1.55. The highest BCUT2D eigenvalue weighted by Crippen LogP contribution is 2.06. The maximum Gasteiger partial charge on any atom is 0.229 e. The summed E-state index contributed by atoms with van der Waals surface area (Å²) in [6, 6.07) is 10.1. The fourth-order valence-electron chi connectivity index (χ4n) is 1.37. The SMILES string of the molecule is CN(C)c1ncnc(NCc2ccccc2)n1. The minimum atomic E-state index is 0.590. The van der Waals surface area contributed by atoms with E-state index >= 15 is 0 Å². The van der Waals surface area contributed by atoms with Crippen LogP contribution in [0.5, 0.6) is 0 Å². The molecule has 0 aliphatic heterocycles. The molecule has 0 spiro atoms. The molecule has 0 amide bonds. The first kappa shape index (κ1) is 11.3. The van der Waals surface area contributed by atoms with Crippen molar-refractivity contribution in [3.05, 3.63) is 42.2 Å². The van der Waals surface area contributed by atoms with E-state index in [1.165, 1.54) is 11.9 Å². The van der Waals surface area contributed by atoms with E-state index in [4.69, 9.17) is 0 Å². The number of anilines is 2. The van der Waals surface area contributed by atoms with Crippen molar-refractivity contribution in [3.8, 4) is 0 Å². The summed E-state index contributed by atoms with van der Waals surface area (Å²) in [4.78, 5) is 14.3. The zero-order valence-corrected chi connectivity index (χ0v) is 9.96. The Kier molecular flexibility index (Phi) is 3.49. The zero-order valence-electron chi connectivity index (χ0n) is 9.96. The van der Waals surface area contributed by atoms with Crippen molar-refractivity contribution in [2.24, 2.45) is 0 Å². The van der Waals surface area contributed by atoms with Crippen LogP contribution in [0.3, 0.4) is 0 Å². The van der Waals surface area contributed by atoms with E-state index in [-0.39, 0.29) is 0 Å². The minimum absolute atomic E-state index is 0.590. The van der Waals surface area contributed by atoms with Crippen LogP contribution in [0.25, 0.3) is 0 Å². The van der Waals surface area contributed by atoms with Gasteiger partial charge in [0, 0.05) is 20.6 Å². The van der Waals surface area contributed by atoms with Gasteiger partial charge in [-0.15, -0.1) is 0 Å². The van der Waals surface area contributed by atoms with Crippen LogP contribution < -0.4 is 10.2 Å². The Morgan fingerprint density at radius 3 is 2.59 bits per heavy atom. The van der Waals surface area contributed by atoms with Gasteiger partial charge in [0.25, 0.3) is 0 Å². The topological polar surface area (TPSA) is 53.9 Å². The van der Waals surface area contributed by atoms with Crippen LogP contribution in [-0.4, -0.2) is 29.0 Å². The second-order valence-electron chi connectivity index (χ2n) is 3.84. The Morgan fingerprint density at radius 2 is 1.88 bits per heavy atom. The van der Waals surface area contributed by atoms with Crippen LogP contribution in [0.4, 0.5) is 11.9 Å². The average Bonchev–Trinajstić information content (AvgIpc) is 2.38. The number of aromatic nitrogens is 3.